The minimum absolute atomic E-state index is 0.000347. The van der Waals surface area contributed by atoms with Crippen molar-refractivity contribution in [3.63, 3.8) is 0 Å². The van der Waals surface area contributed by atoms with Crippen molar-refractivity contribution in [2.45, 2.75) is 17.9 Å². The largest absolute Gasteiger partial charge is 0.487 e. The van der Waals surface area contributed by atoms with Gasteiger partial charge in [-0.2, -0.15) is 9.57 Å². The lowest BCUT2D eigenvalue weighted by Crippen LogP contribution is -2.56. The van der Waals surface area contributed by atoms with Crippen molar-refractivity contribution in [1.29, 1.82) is 5.26 Å². The van der Waals surface area contributed by atoms with Gasteiger partial charge in [-0.1, -0.05) is 12.1 Å². The maximum atomic E-state index is 12.6. The van der Waals surface area contributed by atoms with Gasteiger partial charge >= 0.3 is 0 Å². The molecule has 1 aliphatic rings. The number of aryl methyl sites for hydroxylation is 1. The van der Waals surface area contributed by atoms with E-state index in [-0.39, 0.29) is 35.2 Å². The zero-order chi connectivity index (χ0) is 18.2. The molecule has 8 heteroatoms. The summed E-state index contributed by atoms with van der Waals surface area (Å²) in [5.41, 5.74) is 0.699. The van der Waals surface area contributed by atoms with Crippen LogP contribution >= 0.6 is 0 Å². The first-order valence-corrected chi connectivity index (χ1v) is 9.10. The number of aromatic nitrogens is 1. The van der Waals surface area contributed by atoms with Gasteiger partial charge in [-0.3, -0.25) is 4.79 Å². The van der Waals surface area contributed by atoms with Crippen LogP contribution in [0.4, 0.5) is 0 Å². The fourth-order valence-corrected chi connectivity index (χ4v) is 4.24. The van der Waals surface area contributed by atoms with Crippen LogP contribution in [-0.2, 0) is 17.1 Å². The van der Waals surface area contributed by atoms with Crippen LogP contribution in [0.15, 0.2) is 46.1 Å². The number of rotatable bonds is 4. The van der Waals surface area contributed by atoms with Gasteiger partial charge in [0.25, 0.3) is 5.56 Å². The first-order valence-electron chi connectivity index (χ1n) is 7.66. The van der Waals surface area contributed by atoms with E-state index < -0.39 is 10.0 Å². The fraction of sp³-hybridized carbons (Fsp3) is 0.294. The average Bonchev–Trinajstić information content (AvgIpc) is 2.55. The van der Waals surface area contributed by atoms with E-state index in [1.807, 2.05) is 6.07 Å². The Kier molecular flexibility index (Phi) is 4.37. The Bertz CT molecular complexity index is 1010. The van der Waals surface area contributed by atoms with Gasteiger partial charge in [-0.15, -0.1) is 0 Å². The number of nitriles is 1. The standard InChI is InChI=1S/C17H17N3O4S/c1-12-7-14(8-17(21)19(12)2)24-15-10-20(11-15)25(22,23)16-6-4-3-5-13(16)9-18/h3-8,15H,10-11H2,1-2H3. The van der Waals surface area contributed by atoms with Crippen molar-refractivity contribution in [2.75, 3.05) is 13.1 Å². The van der Waals surface area contributed by atoms with Crippen molar-refractivity contribution in [3.8, 4) is 11.8 Å². The molecule has 7 nitrogen and oxygen atoms in total. The van der Waals surface area contributed by atoms with Gasteiger partial charge in [0, 0.05) is 18.8 Å². The highest BCUT2D eigenvalue weighted by atomic mass is 32.2. The summed E-state index contributed by atoms with van der Waals surface area (Å²) in [6.07, 6.45) is -0.324. The van der Waals surface area contributed by atoms with Crippen molar-refractivity contribution in [2.24, 2.45) is 7.05 Å². The van der Waals surface area contributed by atoms with Crippen molar-refractivity contribution in [3.05, 3.63) is 58.0 Å². The molecule has 2 heterocycles. The summed E-state index contributed by atoms with van der Waals surface area (Å²) in [4.78, 5) is 11.8. The molecule has 0 spiro atoms. The van der Waals surface area contributed by atoms with Gasteiger partial charge < -0.3 is 9.30 Å². The molecule has 0 N–H and O–H groups in total. The number of benzene rings is 1. The maximum absolute atomic E-state index is 12.6. The Morgan fingerprint density at radius 2 is 1.92 bits per heavy atom. The molecule has 0 unspecified atom stereocenters. The highest BCUT2D eigenvalue weighted by Gasteiger charge is 2.39. The third-order valence-electron chi connectivity index (χ3n) is 4.22. The molecule has 25 heavy (non-hydrogen) atoms. The summed E-state index contributed by atoms with van der Waals surface area (Å²) in [6.45, 7) is 2.15. The molecule has 0 bridgehead atoms. The second-order valence-electron chi connectivity index (χ2n) is 5.90. The molecule has 0 amide bonds. The van der Waals surface area contributed by atoms with Crippen molar-refractivity contribution in [1.82, 2.24) is 8.87 Å². The Balaban J connectivity index is 1.72. The summed E-state index contributed by atoms with van der Waals surface area (Å²) in [5.74, 6) is 0.431. The van der Waals surface area contributed by atoms with E-state index in [0.717, 1.165) is 5.69 Å². The molecular formula is C17H17N3O4S. The van der Waals surface area contributed by atoms with Gasteiger partial charge in [0.15, 0.2) is 0 Å². The molecule has 0 saturated carbocycles. The van der Waals surface area contributed by atoms with E-state index >= 15 is 0 Å². The van der Waals surface area contributed by atoms with Crippen LogP contribution in [0.3, 0.4) is 0 Å². The van der Waals surface area contributed by atoms with Crippen molar-refractivity contribution < 1.29 is 13.2 Å². The SMILES string of the molecule is Cc1cc(OC2CN(S(=O)(=O)c3ccccc3C#N)C2)cc(=O)n1C. The molecule has 0 atom stereocenters. The van der Waals surface area contributed by atoms with Gasteiger partial charge in [-0.25, -0.2) is 8.42 Å². The van der Waals surface area contributed by atoms with Crippen LogP contribution in [0.1, 0.15) is 11.3 Å². The zero-order valence-corrected chi connectivity index (χ0v) is 14.7. The smallest absolute Gasteiger partial charge is 0.254 e. The van der Waals surface area contributed by atoms with Gasteiger partial charge in [-0.05, 0) is 25.1 Å². The quantitative estimate of drug-likeness (QED) is 0.812. The Hall–Kier alpha value is -2.63. The zero-order valence-electron chi connectivity index (χ0n) is 13.8. The molecule has 3 rings (SSSR count). The van der Waals surface area contributed by atoms with Crippen molar-refractivity contribution >= 4 is 10.0 Å². The molecule has 0 aliphatic carbocycles. The highest BCUT2D eigenvalue weighted by molar-refractivity contribution is 7.89. The van der Waals surface area contributed by atoms with Crippen LogP contribution < -0.4 is 10.3 Å². The summed E-state index contributed by atoms with van der Waals surface area (Å²) in [7, 11) is -2.06. The first-order chi connectivity index (χ1) is 11.8. The third-order valence-corrected chi connectivity index (χ3v) is 6.11. The number of ether oxygens (including phenoxy) is 1. The van der Waals surface area contributed by atoms with Crippen LogP contribution in [0.5, 0.6) is 5.75 Å². The normalized spacial score (nSPS) is 15.4. The first kappa shape index (κ1) is 17.2. The van der Waals surface area contributed by atoms with Crippen LogP contribution in [-0.4, -0.2) is 36.5 Å². The number of hydrogen-bond acceptors (Lipinski definition) is 5. The molecule has 1 saturated heterocycles. The second kappa shape index (κ2) is 6.35. The highest BCUT2D eigenvalue weighted by Crippen LogP contribution is 2.26. The van der Waals surface area contributed by atoms with Crippen LogP contribution in [0.25, 0.3) is 0 Å². The van der Waals surface area contributed by atoms with E-state index in [1.54, 1.807) is 32.2 Å². The van der Waals surface area contributed by atoms with E-state index in [2.05, 4.69) is 0 Å². The Morgan fingerprint density at radius 1 is 1.24 bits per heavy atom. The third kappa shape index (κ3) is 3.16. The number of sulfonamides is 1. The van der Waals surface area contributed by atoms with E-state index in [9.17, 15) is 13.2 Å². The second-order valence-corrected chi connectivity index (χ2v) is 7.81. The molecule has 1 fully saturated rings. The van der Waals surface area contributed by atoms with Gasteiger partial charge in [0.1, 0.15) is 17.9 Å². The van der Waals surface area contributed by atoms with E-state index in [0.29, 0.717) is 5.75 Å². The molecular weight excluding hydrogens is 342 g/mol. The summed E-state index contributed by atoms with van der Waals surface area (Å²) in [5, 5.41) is 9.09. The molecule has 1 aliphatic heterocycles. The average molecular weight is 359 g/mol. The van der Waals surface area contributed by atoms with Gasteiger partial charge in [0.2, 0.25) is 10.0 Å². The number of pyridine rings is 1. The minimum Gasteiger partial charge on any atom is -0.487 e. The lowest BCUT2D eigenvalue weighted by atomic mass is 10.2. The number of nitrogens with zero attached hydrogens (tertiary/aromatic N) is 3. The van der Waals surface area contributed by atoms with Crippen LogP contribution in [0.2, 0.25) is 0 Å². The molecule has 1 aromatic heterocycles. The Labute approximate surface area is 145 Å². The maximum Gasteiger partial charge on any atom is 0.254 e. The lowest BCUT2D eigenvalue weighted by molar-refractivity contribution is 0.0759. The van der Waals surface area contributed by atoms with E-state index in [1.165, 1.54) is 27.1 Å². The molecule has 0 radical (unpaired) electrons. The predicted octanol–water partition coefficient (Wildman–Crippen LogP) is 1.02. The Morgan fingerprint density at radius 3 is 2.56 bits per heavy atom. The summed E-state index contributed by atoms with van der Waals surface area (Å²) in [6, 6.07) is 11.1. The van der Waals surface area contributed by atoms with Gasteiger partial charge in [0.05, 0.1) is 23.5 Å². The van der Waals surface area contributed by atoms with Crippen LogP contribution in [0, 0.1) is 18.3 Å². The van der Waals surface area contributed by atoms with E-state index in [4.69, 9.17) is 10.00 Å². The number of hydrogen-bond donors (Lipinski definition) is 0. The molecule has 2 aromatic rings. The minimum atomic E-state index is -3.73. The summed E-state index contributed by atoms with van der Waals surface area (Å²) >= 11 is 0. The topological polar surface area (TPSA) is 92.4 Å². The lowest BCUT2D eigenvalue weighted by Gasteiger charge is -2.37. The molecule has 130 valence electrons. The predicted molar refractivity (Wildman–Crippen MR) is 90.8 cm³/mol. The fourth-order valence-electron chi connectivity index (χ4n) is 2.59. The summed E-state index contributed by atoms with van der Waals surface area (Å²) < 4.78 is 33.7. The monoisotopic (exact) mass is 359 g/mol. The molecule has 1 aromatic carbocycles.